The molecule has 1 N–H and O–H groups in total. The van der Waals surface area contributed by atoms with Crippen molar-refractivity contribution in [1.82, 2.24) is 19.7 Å². The average molecular weight is 309 g/mol. The number of hydrogen-bond acceptors (Lipinski definition) is 5. The molecule has 7 nitrogen and oxygen atoms in total. The molecule has 0 aliphatic rings. The van der Waals surface area contributed by atoms with Crippen molar-refractivity contribution in [3.05, 3.63) is 66.2 Å². The number of benzene rings is 1. The zero-order chi connectivity index (χ0) is 16.1. The van der Waals surface area contributed by atoms with Gasteiger partial charge in [0.15, 0.2) is 0 Å². The van der Waals surface area contributed by atoms with Gasteiger partial charge in [0.1, 0.15) is 12.1 Å². The SMILES string of the molecule is COc1ccc(C(=O)Nc2ncn(Cc3ccccn3)n2)cc1. The van der Waals surface area contributed by atoms with E-state index in [9.17, 15) is 4.79 Å². The molecule has 0 saturated carbocycles. The predicted molar refractivity (Wildman–Crippen MR) is 84.3 cm³/mol. The maximum atomic E-state index is 12.1. The molecule has 3 aromatic rings. The number of rotatable bonds is 5. The summed E-state index contributed by atoms with van der Waals surface area (Å²) in [7, 11) is 1.58. The van der Waals surface area contributed by atoms with Crippen LogP contribution in [0.3, 0.4) is 0 Å². The van der Waals surface area contributed by atoms with Gasteiger partial charge in [-0.25, -0.2) is 9.67 Å². The van der Waals surface area contributed by atoms with Gasteiger partial charge in [0.05, 0.1) is 19.3 Å². The van der Waals surface area contributed by atoms with Gasteiger partial charge >= 0.3 is 0 Å². The molecule has 0 atom stereocenters. The molecular weight excluding hydrogens is 294 g/mol. The summed E-state index contributed by atoms with van der Waals surface area (Å²) >= 11 is 0. The monoisotopic (exact) mass is 309 g/mol. The Hall–Kier alpha value is -3.22. The zero-order valence-corrected chi connectivity index (χ0v) is 12.5. The van der Waals surface area contributed by atoms with Crippen LogP contribution < -0.4 is 10.1 Å². The summed E-state index contributed by atoms with van der Waals surface area (Å²) in [6.07, 6.45) is 3.27. The highest BCUT2D eigenvalue weighted by Gasteiger charge is 2.09. The van der Waals surface area contributed by atoms with Crippen molar-refractivity contribution in [1.29, 1.82) is 0 Å². The number of carbonyl (C=O) groups excluding carboxylic acids is 1. The van der Waals surface area contributed by atoms with E-state index in [2.05, 4.69) is 20.4 Å². The van der Waals surface area contributed by atoms with Crippen molar-refractivity contribution in [3.63, 3.8) is 0 Å². The van der Waals surface area contributed by atoms with E-state index in [0.29, 0.717) is 17.9 Å². The van der Waals surface area contributed by atoms with Crippen molar-refractivity contribution in [2.24, 2.45) is 0 Å². The number of methoxy groups -OCH3 is 1. The fourth-order valence-corrected chi connectivity index (χ4v) is 2.00. The number of amides is 1. The highest BCUT2D eigenvalue weighted by molar-refractivity contribution is 6.03. The molecule has 0 aliphatic carbocycles. The van der Waals surface area contributed by atoms with Crippen LogP contribution in [0.15, 0.2) is 55.0 Å². The first kappa shape index (κ1) is 14.7. The van der Waals surface area contributed by atoms with Crippen LogP contribution in [-0.4, -0.2) is 32.8 Å². The molecule has 0 fully saturated rings. The van der Waals surface area contributed by atoms with E-state index in [-0.39, 0.29) is 11.9 Å². The number of aromatic nitrogens is 4. The van der Waals surface area contributed by atoms with Gasteiger partial charge in [0, 0.05) is 11.8 Å². The van der Waals surface area contributed by atoms with Crippen LogP contribution in [0.25, 0.3) is 0 Å². The van der Waals surface area contributed by atoms with Gasteiger partial charge in [-0.1, -0.05) is 6.07 Å². The third-order valence-corrected chi connectivity index (χ3v) is 3.16. The fraction of sp³-hybridized carbons (Fsp3) is 0.125. The maximum absolute atomic E-state index is 12.1. The molecule has 7 heteroatoms. The largest absolute Gasteiger partial charge is 0.497 e. The lowest BCUT2D eigenvalue weighted by Crippen LogP contribution is -2.13. The molecule has 0 aliphatic heterocycles. The zero-order valence-electron chi connectivity index (χ0n) is 12.5. The van der Waals surface area contributed by atoms with Crippen LogP contribution in [0.1, 0.15) is 16.1 Å². The van der Waals surface area contributed by atoms with Gasteiger partial charge in [-0.05, 0) is 36.4 Å². The number of nitrogens with one attached hydrogen (secondary N) is 1. The highest BCUT2D eigenvalue weighted by atomic mass is 16.5. The van der Waals surface area contributed by atoms with Crippen molar-refractivity contribution in [2.75, 3.05) is 12.4 Å². The Balaban J connectivity index is 1.65. The van der Waals surface area contributed by atoms with Crippen molar-refractivity contribution >= 4 is 11.9 Å². The summed E-state index contributed by atoms with van der Waals surface area (Å²) < 4.78 is 6.68. The molecule has 1 amide bonds. The van der Waals surface area contributed by atoms with E-state index in [0.717, 1.165) is 5.69 Å². The summed E-state index contributed by atoms with van der Waals surface area (Å²) in [6, 6.07) is 12.5. The molecule has 0 bridgehead atoms. The second-order valence-corrected chi connectivity index (χ2v) is 4.77. The van der Waals surface area contributed by atoms with Gasteiger partial charge in [0.2, 0.25) is 5.95 Å². The normalized spacial score (nSPS) is 10.3. The Morgan fingerprint density at radius 1 is 1.17 bits per heavy atom. The standard InChI is InChI=1S/C16H15N5O2/c1-23-14-7-5-12(6-8-14)15(22)19-16-18-11-21(20-16)10-13-4-2-3-9-17-13/h2-9,11H,10H2,1H3,(H,19,20,22). The molecule has 0 radical (unpaired) electrons. The highest BCUT2D eigenvalue weighted by Crippen LogP contribution is 2.12. The van der Waals surface area contributed by atoms with Gasteiger partial charge in [-0.15, -0.1) is 5.10 Å². The van der Waals surface area contributed by atoms with Crippen LogP contribution in [0.5, 0.6) is 5.75 Å². The third-order valence-electron chi connectivity index (χ3n) is 3.16. The number of pyridine rings is 1. The fourth-order valence-electron chi connectivity index (χ4n) is 2.00. The van der Waals surface area contributed by atoms with Crippen LogP contribution in [0.2, 0.25) is 0 Å². The molecule has 3 rings (SSSR count). The van der Waals surface area contributed by atoms with Gasteiger partial charge in [-0.3, -0.25) is 15.1 Å². The number of anilines is 1. The molecule has 0 saturated heterocycles. The van der Waals surface area contributed by atoms with Crippen LogP contribution in [0.4, 0.5) is 5.95 Å². The Morgan fingerprint density at radius 2 is 2.00 bits per heavy atom. The van der Waals surface area contributed by atoms with E-state index in [4.69, 9.17) is 4.74 Å². The lowest BCUT2D eigenvalue weighted by atomic mass is 10.2. The Morgan fingerprint density at radius 3 is 2.70 bits per heavy atom. The Labute approximate surface area is 133 Å². The van der Waals surface area contributed by atoms with E-state index in [1.165, 1.54) is 0 Å². The molecule has 23 heavy (non-hydrogen) atoms. The third kappa shape index (κ3) is 3.70. The summed E-state index contributed by atoms with van der Waals surface area (Å²) in [4.78, 5) is 20.4. The van der Waals surface area contributed by atoms with Crippen molar-refractivity contribution in [3.8, 4) is 5.75 Å². The average Bonchev–Trinajstić information content (AvgIpc) is 3.02. The number of nitrogens with zero attached hydrogens (tertiary/aromatic N) is 4. The first-order valence-electron chi connectivity index (χ1n) is 6.99. The second-order valence-electron chi connectivity index (χ2n) is 4.77. The summed E-state index contributed by atoms with van der Waals surface area (Å²) in [5.41, 5.74) is 1.37. The predicted octanol–water partition coefficient (Wildman–Crippen LogP) is 1.98. The van der Waals surface area contributed by atoms with E-state index in [1.807, 2.05) is 18.2 Å². The first-order chi connectivity index (χ1) is 11.2. The molecular formula is C16H15N5O2. The van der Waals surface area contributed by atoms with Crippen LogP contribution >= 0.6 is 0 Å². The smallest absolute Gasteiger partial charge is 0.258 e. The molecule has 0 unspecified atom stereocenters. The minimum absolute atomic E-state index is 0.252. The van der Waals surface area contributed by atoms with Crippen LogP contribution in [-0.2, 0) is 6.54 Å². The van der Waals surface area contributed by atoms with Crippen molar-refractivity contribution < 1.29 is 9.53 Å². The quantitative estimate of drug-likeness (QED) is 0.779. The Kier molecular flexibility index (Phi) is 4.28. The van der Waals surface area contributed by atoms with E-state index in [1.54, 1.807) is 48.6 Å². The Bertz CT molecular complexity index is 784. The van der Waals surface area contributed by atoms with E-state index >= 15 is 0 Å². The molecule has 116 valence electrons. The topological polar surface area (TPSA) is 81.9 Å². The van der Waals surface area contributed by atoms with Crippen LogP contribution in [0, 0.1) is 0 Å². The van der Waals surface area contributed by atoms with Gasteiger partial charge in [0.25, 0.3) is 5.91 Å². The first-order valence-corrected chi connectivity index (χ1v) is 6.99. The molecule has 0 spiro atoms. The second kappa shape index (κ2) is 6.69. The minimum atomic E-state index is -0.275. The molecule has 1 aromatic carbocycles. The van der Waals surface area contributed by atoms with Crippen molar-refractivity contribution in [2.45, 2.75) is 6.54 Å². The summed E-state index contributed by atoms with van der Waals surface area (Å²) in [6.45, 7) is 0.492. The summed E-state index contributed by atoms with van der Waals surface area (Å²) in [5, 5.41) is 6.87. The van der Waals surface area contributed by atoms with Gasteiger partial charge < -0.3 is 4.74 Å². The minimum Gasteiger partial charge on any atom is -0.497 e. The number of ether oxygens (including phenoxy) is 1. The van der Waals surface area contributed by atoms with E-state index < -0.39 is 0 Å². The molecule has 2 aromatic heterocycles. The number of hydrogen-bond donors (Lipinski definition) is 1. The lowest BCUT2D eigenvalue weighted by molar-refractivity contribution is 0.102. The lowest BCUT2D eigenvalue weighted by Gasteiger charge is -2.03. The maximum Gasteiger partial charge on any atom is 0.258 e. The van der Waals surface area contributed by atoms with Gasteiger partial charge in [-0.2, -0.15) is 0 Å². The number of carbonyl (C=O) groups is 1. The molecule has 2 heterocycles. The summed E-state index contributed by atoms with van der Waals surface area (Å²) in [5.74, 6) is 0.671.